The maximum atomic E-state index is 11.6. The molecule has 0 aliphatic carbocycles. The van der Waals surface area contributed by atoms with Crippen molar-refractivity contribution in [2.75, 3.05) is 31.9 Å². The molecule has 4 nitrogen and oxygen atoms in total. The van der Waals surface area contributed by atoms with E-state index in [2.05, 4.69) is 27.7 Å². The minimum Gasteiger partial charge on any atom is -0.748 e. The molecule has 0 heterocycles. The molecule has 0 spiro atoms. The lowest BCUT2D eigenvalue weighted by molar-refractivity contribution is -0.921. The van der Waals surface area contributed by atoms with E-state index in [9.17, 15) is 26.1 Å². The number of halogens is 3. The molecule has 0 aromatic carbocycles. The van der Waals surface area contributed by atoms with Gasteiger partial charge >= 0.3 is 6.18 Å². The number of quaternary nitrogens is 1. The number of nitrogens with zero attached hydrogens (tertiary/aromatic N) is 1. The molecule has 142 valence electrons. The lowest BCUT2D eigenvalue weighted by Crippen LogP contribution is -2.47. The Hall–Kier alpha value is -0.340. The third kappa shape index (κ3) is 16.3. The van der Waals surface area contributed by atoms with Gasteiger partial charge in [-0.1, -0.05) is 12.8 Å². The first-order valence-corrected chi connectivity index (χ1v) is 9.88. The molecule has 8 heteroatoms. The number of alkyl halides is 3. The van der Waals surface area contributed by atoms with Gasteiger partial charge in [-0.2, -0.15) is 13.2 Å². The SMILES string of the molecule is CC[N+](CC)(CC)CC.O=S(=O)([O-])CCCCCCC(F)(F)F. The van der Waals surface area contributed by atoms with Crippen LogP contribution in [-0.4, -0.2) is 55.6 Å². The summed E-state index contributed by atoms with van der Waals surface area (Å²) < 4.78 is 66.4. The molecular weight excluding hydrogens is 331 g/mol. The van der Waals surface area contributed by atoms with Crippen molar-refractivity contribution < 1.29 is 30.6 Å². The standard InChI is InChI=1S/C8H20N.C7H13F3O3S/c1-5-9(6-2,7-3)8-4;8-7(9,10)5-3-1-2-4-6-14(11,12)13/h5-8H2,1-4H3;1-6H2,(H,11,12,13)/q+1;/p-1. The Balaban J connectivity index is 0. The molecule has 0 N–H and O–H groups in total. The Bertz CT molecular complexity index is 362. The Labute approximate surface area is 139 Å². The molecule has 0 fully saturated rings. The van der Waals surface area contributed by atoms with Crippen LogP contribution < -0.4 is 0 Å². The summed E-state index contributed by atoms with van der Waals surface area (Å²) in [6, 6.07) is 0. The lowest BCUT2D eigenvalue weighted by Gasteiger charge is -2.34. The van der Waals surface area contributed by atoms with Crippen LogP contribution in [0.3, 0.4) is 0 Å². The summed E-state index contributed by atoms with van der Waals surface area (Å²) in [5.41, 5.74) is 0. The van der Waals surface area contributed by atoms with Gasteiger partial charge < -0.3 is 9.04 Å². The van der Waals surface area contributed by atoms with E-state index in [1.807, 2.05) is 0 Å². The van der Waals surface area contributed by atoms with Crippen LogP contribution in [0.2, 0.25) is 0 Å². The highest BCUT2D eigenvalue weighted by Gasteiger charge is 2.25. The molecule has 0 unspecified atom stereocenters. The van der Waals surface area contributed by atoms with Crippen LogP contribution in [0.15, 0.2) is 0 Å². The highest BCUT2D eigenvalue weighted by molar-refractivity contribution is 7.85. The third-order valence-electron chi connectivity index (χ3n) is 4.29. The molecule has 0 aromatic rings. The molecular formula is C15H32F3NO3S. The van der Waals surface area contributed by atoms with Gasteiger partial charge in [-0.15, -0.1) is 0 Å². The monoisotopic (exact) mass is 363 g/mol. The van der Waals surface area contributed by atoms with Crippen molar-refractivity contribution in [3.05, 3.63) is 0 Å². The largest absolute Gasteiger partial charge is 0.748 e. The van der Waals surface area contributed by atoms with E-state index in [0.29, 0.717) is 12.8 Å². The predicted molar refractivity (Wildman–Crippen MR) is 86.1 cm³/mol. The first-order chi connectivity index (χ1) is 10.4. The van der Waals surface area contributed by atoms with Crippen LogP contribution in [0.5, 0.6) is 0 Å². The normalized spacial score (nSPS) is 12.7. The number of rotatable bonds is 10. The molecule has 23 heavy (non-hydrogen) atoms. The summed E-state index contributed by atoms with van der Waals surface area (Å²) in [6.45, 7) is 14.2. The molecule has 0 bridgehead atoms. The molecule has 0 aromatic heterocycles. The lowest BCUT2D eigenvalue weighted by atomic mass is 10.1. The minimum absolute atomic E-state index is 0.0115. The van der Waals surface area contributed by atoms with Crippen molar-refractivity contribution in [3.63, 3.8) is 0 Å². The smallest absolute Gasteiger partial charge is 0.389 e. The zero-order valence-electron chi connectivity index (χ0n) is 14.8. The van der Waals surface area contributed by atoms with Gasteiger partial charge in [-0.05, 0) is 40.5 Å². The summed E-state index contributed by atoms with van der Waals surface area (Å²) in [5, 5.41) is 0. The van der Waals surface area contributed by atoms with E-state index in [0.717, 1.165) is 0 Å². The molecule has 0 aliphatic heterocycles. The van der Waals surface area contributed by atoms with Crippen molar-refractivity contribution in [1.82, 2.24) is 0 Å². The summed E-state index contributed by atoms with van der Waals surface area (Å²) in [5.74, 6) is -0.487. The molecule has 0 aliphatic rings. The van der Waals surface area contributed by atoms with Crippen molar-refractivity contribution in [1.29, 1.82) is 0 Å². The van der Waals surface area contributed by atoms with Gasteiger partial charge in [0.2, 0.25) is 0 Å². The predicted octanol–water partition coefficient (Wildman–Crippen LogP) is 3.93. The Morgan fingerprint density at radius 1 is 0.826 bits per heavy atom. The summed E-state index contributed by atoms with van der Waals surface area (Å²) in [4.78, 5) is 0. The Morgan fingerprint density at radius 2 is 1.22 bits per heavy atom. The van der Waals surface area contributed by atoms with E-state index >= 15 is 0 Å². The van der Waals surface area contributed by atoms with Crippen LogP contribution in [0.4, 0.5) is 13.2 Å². The fourth-order valence-corrected chi connectivity index (χ4v) is 2.86. The molecule has 0 amide bonds. The van der Waals surface area contributed by atoms with Gasteiger partial charge in [0.15, 0.2) is 0 Å². The number of hydrogen-bond acceptors (Lipinski definition) is 3. The molecule has 0 saturated carbocycles. The minimum atomic E-state index is -4.21. The van der Waals surface area contributed by atoms with E-state index in [1.54, 1.807) is 0 Å². The average molecular weight is 363 g/mol. The van der Waals surface area contributed by atoms with E-state index in [4.69, 9.17) is 0 Å². The van der Waals surface area contributed by atoms with E-state index in [-0.39, 0.29) is 12.8 Å². The Kier molecular flexibility index (Phi) is 13.1. The van der Waals surface area contributed by atoms with Crippen molar-refractivity contribution >= 4 is 10.1 Å². The highest BCUT2D eigenvalue weighted by Crippen LogP contribution is 2.22. The van der Waals surface area contributed by atoms with Crippen molar-refractivity contribution in [3.8, 4) is 0 Å². The van der Waals surface area contributed by atoms with E-state index < -0.39 is 28.5 Å². The summed E-state index contributed by atoms with van der Waals surface area (Å²) in [7, 11) is -4.21. The van der Waals surface area contributed by atoms with E-state index in [1.165, 1.54) is 30.7 Å². The van der Waals surface area contributed by atoms with Crippen LogP contribution in [0.25, 0.3) is 0 Å². The summed E-state index contributed by atoms with van der Waals surface area (Å²) >= 11 is 0. The van der Waals surface area contributed by atoms with Gasteiger partial charge in [0.25, 0.3) is 0 Å². The molecule has 0 saturated heterocycles. The van der Waals surface area contributed by atoms with Crippen LogP contribution in [-0.2, 0) is 10.1 Å². The first kappa shape index (κ1) is 24.9. The van der Waals surface area contributed by atoms with Crippen LogP contribution >= 0.6 is 0 Å². The molecule has 0 radical (unpaired) electrons. The molecule has 0 atom stereocenters. The third-order valence-corrected chi connectivity index (χ3v) is 5.08. The summed E-state index contributed by atoms with van der Waals surface area (Å²) in [6.07, 6.45) is -4.22. The zero-order chi connectivity index (χ0) is 18.6. The average Bonchev–Trinajstić information content (AvgIpc) is 2.44. The van der Waals surface area contributed by atoms with Gasteiger partial charge in [-0.25, -0.2) is 8.42 Å². The quantitative estimate of drug-likeness (QED) is 0.336. The van der Waals surface area contributed by atoms with Gasteiger partial charge in [-0.3, -0.25) is 0 Å². The number of hydrogen-bond donors (Lipinski definition) is 0. The second-order valence-electron chi connectivity index (χ2n) is 5.65. The fraction of sp³-hybridized carbons (Fsp3) is 1.00. The Morgan fingerprint density at radius 3 is 1.48 bits per heavy atom. The topological polar surface area (TPSA) is 57.2 Å². The molecule has 0 rings (SSSR count). The van der Waals surface area contributed by atoms with Crippen LogP contribution in [0.1, 0.15) is 59.8 Å². The van der Waals surface area contributed by atoms with Gasteiger partial charge in [0, 0.05) is 12.2 Å². The highest BCUT2D eigenvalue weighted by atomic mass is 32.2. The second-order valence-corrected chi connectivity index (χ2v) is 7.17. The number of unbranched alkanes of at least 4 members (excludes halogenated alkanes) is 3. The van der Waals surface area contributed by atoms with Gasteiger partial charge in [0.1, 0.15) is 0 Å². The maximum Gasteiger partial charge on any atom is 0.389 e. The fourth-order valence-electron chi connectivity index (χ4n) is 2.30. The second kappa shape index (κ2) is 12.1. The van der Waals surface area contributed by atoms with Gasteiger partial charge in [0.05, 0.1) is 36.3 Å². The maximum absolute atomic E-state index is 11.6. The van der Waals surface area contributed by atoms with Crippen molar-refractivity contribution in [2.24, 2.45) is 0 Å². The first-order valence-electron chi connectivity index (χ1n) is 8.30. The zero-order valence-corrected chi connectivity index (χ0v) is 15.6. The van der Waals surface area contributed by atoms with Crippen molar-refractivity contribution in [2.45, 2.75) is 66.0 Å². The van der Waals surface area contributed by atoms with Crippen LogP contribution in [0, 0.1) is 0 Å².